The summed E-state index contributed by atoms with van der Waals surface area (Å²) < 4.78 is 5.46. The topological polar surface area (TPSA) is 64.4 Å². The van der Waals surface area contributed by atoms with E-state index in [9.17, 15) is 4.79 Å². The number of benzene rings is 1. The Kier molecular flexibility index (Phi) is 5.10. The van der Waals surface area contributed by atoms with Crippen LogP contribution in [0.5, 0.6) is 0 Å². The maximum Gasteiger partial charge on any atom is 0.230 e. The number of hydrogen-bond acceptors (Lipinski definition) is 4. The molecular weight excluding hydrogens is 260 g/mol. The molecule has 1 aliphatic heterocycles. The third-order valence-electron chi connectivity index (χ3n) is 3.11. The normalized spacial score (nSPS) is 18.5. The molecule has 0 saturated carbocycles. The van der Waals surface area contributed by atoms with E-state index in [1.165, 1.54) is 11.8 Å². The van der Waals surface area contributed by atoms with Gasteiger partial charge in [-0.25, -0.2) is 0 Å². The van der Waals surface area contributed by atoms with Crippen molar-refractivity contribution in [1.82, 2.24) is 5.32 Å². The maximum absolute atomic E-state index is 11.7. The Bertz CT molecular complexity index is 445. The Morgan fingerprint density at radius 3 is 3.11 bits per heavy atom. The van der Waals surface area contributed by atoms with Gasteiger partial charge in [0.1, 0.15) is 0 Å². The van der Waals surface area contributed by atoms with Crippen LogP contribution in [0.3, 0.4) is 0 Å². The first kappa shape index (κ1) is 14.2. The summed E-state index contributed by atoms with van der Waals surface area (Å²) in [5.41, 5.74) is 7.56. The molecule has 1 amide bonds. The summed E-state index contributed by atoms with van der Waals surface area (Å²) in [7, 11) is 0. The summed E-state index contributed by atoms with van der Waals surface area (Å²) in [6, 6.07) is 5.74. The number of hydrogen-bond donors (Lipinski definition) is 2. The molecule has 0 bridgehead atoms. The molecule has 1 aromatic rings. The van der Waals surface area contributed by atoms with E-state index in [0.29, 0.717) is 12.3 Å². The summed E-state index contributed by atoms with van der Waals surface area (Å²) in [5.74, 6) is 0.481. The first-order chi connectivity index (χ1) is 9.15. The maximum atomic E-state index is 11.7. The molecule has 1 aromatic carbocycles. The lowest BCUT2D eigenvalue weighted by atomic mass is 10.2. The Balaban J connectivity index is 1.73. The van der Waals surface area contributed by atoms with E-state index in [-0.39, 0.29) is 12.0 Å². The molecular formula is C14H20N2O2S. The van der Waals surface area contributed by atoms with E-state index in [1.54, 1.807) is 0 Å². The molecule has 3 N–H and O–H groups in total. The van der Waals surface area contributed by atoms with Crippen molar-refractivity contribution in [3.05, 3.63) is 23.8 Å². The average molecular weight is 280 g/mol. The molecule has 0 aromatic heterocycles. The molecule has 5 heteroatoms. The summed E-state index contributed by atoms with van der Waals surface area (Å²) >= 11 is 1.54. The van der Waals surface area contributed by atoms with Crippen molar-refractivity contribution in [2.75, 3.05) is 24.6 Å². The van der Waals surface area contributed by atoms with Gasteiger partial charge in [0.25, 0.3) is 0 Å². The highest BCUT2D eigenvalue weighted by Crippen LogP contribution is 2.23. The second-order valence-corrected chi connectivity index (χ2v) is 5.77. The van der Waals surface area contributed by atoms with Crippen LogP contribution in [0.1, 0.15) is 18.4 Å². The Morgan fingerprint density at radius 1 is 1.58 bits per heavy atom. The highest BCUT2D eigenvalue weighted by atomic mass is 32.2. The van der Waals surface area contributed by atoms with Gasteiger partial charge in [0, 0.05) is 23.7 Å². The van der Waals surface area contributed by atoms with Crippen LogP contribution >= 0.6 is 11.8 Å². The number of ether oxygens (including phenoxy) is 1. The molecule has 0 radical (unpaired) electrons. The van der Waals surface area contributed by atoms with Gasteiger partial charge in [-0.2, -0.15) is 0 Å². The predicted molar refractivity (Wildman–Crippen MR) is 78.3 cm³/mol. The van der Waals surface area contributed by atoms with Crippen LogP contribution in [-0.2, 0) is 9.53 Å². The van der Waals surface area contributed by atoms with Gasteiger partial charge in [-0.15, -0.1) is 11.8 Å². The molecule has 2 rings (SSSR count). The lowest BCUT2D eigenvalue weighted by Crippen LogP contribution is -2.32. The monoisotopic (exact) mass is 280 g/mol. The number of nitrogens with one attached hydrogen (secondary N) is 1. The quantitative estimate of drug-likeness (QED) is 0.639. The highest BCUT2D eigenvalue weighted by molar-refractivity contribution is 8.00. The number of nitrogens with two attached hydrogens (primary N) is 1. The van der Waals surface area contributed by atoms with Crippen LogP contribution in [0, 0.1) is 6.92 Å². The molecule has 1 aliphatic rings. The molecule has 1 fully saturated rings. The van der Waals surface area contributed by atoms with Gasteiger partial charge >= 0.3 is 0 Å². The number of aryl methyl sites for hydroxylation is 1. The van der Waals surface area contributed by atoms with Gasteiger partial charge < -0.3 is 15.8 Å². The van der Waals surface area contributed by atoms with E-state index in [4.69, 9.17) is 10.5 Å². The SMILES string of the molecule is Cc1cc(N)ccc1SCC(=O)NCC1CCCO1. The number of carbonyl (C=O) groups excluding carboxylic acids is 1. The zero-order chi connectivity index (χ0) is 13.7. The van der Waals surface area contributed by atoms with Crippen molar-refractivity contribution in [3.63, 3.8) is 0 Å². The predicted octanol–water partition coefficient (Wildman–Crippen LogP) is 1.96. The largest absolute Gasteiger partial charge is 0.399 e. The highest BCUT2D eigenvalue weighted by Gasteiger charge is 2.16. The summed E-state index contributed by atoms with van der Waals surface area (Å²) in [4.78, 5) is 12.8. The Morgan fingerprint density at radius 2 is 2.42 bits per heavy atom. The summed E-state index contributed by atoms with van der Waals surface area (Å²) in [5, 5.41) is 2.92. The number of nitrogen functional groups attached to an aromatic ring is 1. The van der Waals surface area contributed by atoms with Crippen molar-refractivity contribution < 1.29 is 9.53 Å². The van der Waals surface area contributed by atoms with Gasteiger partial charge in [-0.05, 0) is 43.5 Å². The number of thioether (sulfide) groups is 1. The second kappa shape index (κ2) is 6.82. The minimum Gasteiger partial charge on any atom is -0.399 e. The first-order valence-electron chi connectivity index (χ1n) is 6.52. The van der Waals surface area contributed by atoms with Gasteiger partial charge in [0.15, 0.2) is 0 Å². The van der Waals surface area contributed by atoms with Crippen molar-refractivity contribution in [1.29, 1.82) is 0 Å². The second-order valence-electron chi connectivity index (χ2n) is 4.75. The molecule has 1 heterocycles. The fraction of sp³-hybridized carbons (Fsp3) is 0.500. The number of carbonyl (C=O) groups is 1. The van der Waals surface area contributed by atoms with E-state index in [1.807, 2.05) is 25.1 Å². The first-order valence-corrected chi connectivity index (χ1v) is 7.51. The molecule has 1 saturated heterocycles. The van der Waals surface area contributed by atoms with Crippen LogP contribution in [0.2, 0.25) is 0 Å². The zero-order valence-electron chi connectivity index (χ0n) is 11.1. The van der Waals surface area contributed by atoms with Crippen molar-refractivity contribution in [3.8, 4) is 0 Å². The Hall–Kier alpha value is -1.20. The van der Waals surface area contributed by atoms with Crippen LogP contribution in [-0.4, -0.2) is 30.9 Å². The van der Waals surface area contributed by atoms with Crippen molar-refractivity contribution in [2.45, 2.75) is 30.8 Å². The van der Waals surface area contributed by atoms with Gasteiger partial charge in [0.2, 0.25) is 5.91 Å². The summed E-state index contributed by atoms with van der Waals surface area (Å²) in [6.07, 6.45) is 2.34. The van der Waals surface area contributed by atoms with Gasteiger partial charge in [0.05, 0.1) is 11.9 Å². The minimum atomic E-state index is 0.0525. The Labute approximate surface area is 118 Å². The smallest absolute Gasteiger partial charge is 0.230 e. The van der Waals surface area contributed by atoms with E-state index >= 15 is 0 Å². The van der Waals surface area contributed by atoms with E-state index < -0.39 is 0 Å². The third kappa shape index (κ3) is 4.44. The van der Waals surface area contributed by atoms with Crippen LogP contribution in [0.25, 0.3) is 0 Å². The molecule has 1 unspecified atom stereocenters. The van der Waals surface area contributed by atoms with E-state index in [2.05, 4.69) is 5.32 Å². The van der Waals surface area contributed by atoms with Crippen molar-refractivity contribution >= 4 is 23.4 Å². The van der Waals surface area contributed by atoms with Crippen LogP contribution in [0.4, 0.5) is 5.69 Å². The fourth-order valence-corrected chi connectivity index (χ4v) is 2.90. The molecule has 1 atom stereocenters. The molecule has 19 heavy (non-hydrogen) atoms. The fourth-order valence-electron chi connectivity index (χ4n) is 2.06. The van der Waals surface area contributed by atoms with Crippen LogP contribution in [0.15, 0.2) is 23.1 Å². The molecule has 0 aliphatic carbocycles. The standard InChI is InChI=1S/C14H20N2O2S/c1-10-7-11(15)4-5-13(10)19-9-14(17)16-8-12-3-2-6-18-12/h4-5,7,12H,2-3,6,8-9,15H2,1H3,(H,16,17). The molecule has 0 spiro atoms. The summed E-state index contributed by atoms with van der Waals surface area (Å²) in [6.45, 7) is 3.45. The lowest BCUT2D eigenvalue weighted by Gasteiger charge is -2.11. The third-order valence-corrected chi connectivity index (χ3v) is 4.28. The van der Waals surface area contributed by atoms with Crippen molar-refractivity contribution in [2.24, 2.45) is 0 Å². The molecule has 104 valence electrons. The van der Waals surface area contributed by atoms with Gasteiger partial charge in [-0.3, -0.25) is 4.79 Å². The van der Waals surface area contributed by atoms with E-state index in [0.717, 1.165) is 35.6 Å². The van der Waals surface area contributed by atoms with Crippen LogP contribution < -0.4 is 11.1 Å². The average Bonchev–Trinajstić information content (AvgIpc) is 2.88. The van der Waals surface area contributed by atoms with Gasteiger partial charge in [-0.1, -0.05) is 0 Å². The number of amides is 1. The minimum absolute atomic E-state index is 0.0525. The number of rotatable bonds is 5. The zero-order valence-corrected chi connectivity index (χ0v) is 12.0. The number of anilines is 1. The lowest BCUT2D eigenvalue weighted by molar-refractivity contribution is -0.119. The molecule has 4 nitrogen and oxygen atoms in total.